The summed E-state index contributed by atoms with van der Waals surface area (Å²) in [5.74, 6) is -0.0166. The number of carbonyl (C=O) groups is 1. The van der Waals surface area contributed by atoms with Gasteiger partial charge in [0.15, 0.2) is 0 Å². The van der Waals surface area contributed by atoms with Crippen molar-refractivity contribution in [1.82, 2.24) is 4.72 Å². The Hall–Kier alpha value is -2.38. The number of anilines is 2. The van der Waals surface area contributed by atoms with Crippen LogP contribution in [0.1, 0.15) is 37.3 Å². The number of benzene rings is 2. The van der Waals surface area contributed by atoms with Crippen molar-refractivity contribution in [3.05, 3.63) is 53.6 Å². The van der Waals surface area contributed by atoms with Gasteiger partial charge in [-0.1, -0.05) is 12.1 Å². The highest BCUT2D eigenvalue weighted by Crippen LogP contribution is 2.29. The highest BCUT2D eigenvalue weighted by Gasteiger charge is 2.23. The molecule has 1 saturated heterocycles. The molecule has 4 rings (SSSR count). The molecule has 2 aliphatic heterocycles. The topological polar surface area (TPSA) is 69.7 Å². The number of hydrogen-bond donors (Lipinski definition) is 1. The number of aryl methyl sites for hydroxylation is 1. The van der Waals surface area contributed by atoms with E-state index in [1.165, 1.54) is 25.5 Å². The molecule has 0 saturated carbocycles. The molecule has 0 aliphatic carbocycles. The SMILES string of the molecule is CC(=O)N1CCCc2cc(S(=O)(=O)NCc3ccc(N4CCCC4)cc3)ccc21. The minimum absolute atomic E-state index is 0.0166. The zero-order valence-electron chi connectivity index (χ0n) is 16.7. The first-order valence-corrected chi connectivity index (χ1v) is 11.7. The molecule has 2 aromatic rings. The van der Waals surface area contributed by atoms with Gasteiger partial charge in [-0.05, 0) is 67.1 Å². The number of amides is 1. The van der Waals surface area contributed by atoms with Crippen LogP contribution < -0.4 is 14.5 Å². The van der Waals surface area contributed by atoms with Crippen LogP contribution in [0.2, 0.25) is 0 Å². The lowest BCUT2D eigenvalue weighted by atomic mass is 10.0. The lowest BCUT2D eigenvalue weighted by molar-refractivity contribution is -0.116. The Morgan fingerprint density at radius 3 is 2.41 bits per heavy atom. The van der Waals surface area contributed by atoms with Crippen LogP contribution >= 0.6 is 0 Å². The second-order valence-electron chi connectivity index (χ2n) is 7.75. The third-order valence-corrected chi connectivity index (χ3v) is 7.13. The summed E-state index contributed by atoms with van der Waals surface area (Å²) in [7, 11) is -3.62. The molecule has 29 heavy (non-hydrogen) atoms. The maximum absolute atomic E-state index is 12.8. The fraction of sp³-hybridized carbons (Fsp3) is 0.409. The van der Waals surface area contributed by atoms with E-state index in [2.05, 4.69) is 21.8 Å². The second kappa shape index (κ2) is 8.16. The summed E-state index contributed by atoms with van der Waals surface area (Å²) >= 11 is 0. The molecule has 1 N–H and O–H groups in total. The Morgan fingerprint density at radius 2 is 1.72 bits per heavy atom. The predicted octanol–water partition coefficient (Wildman–Crippen LogP) is 3.06. The number of sulfonamides is 1. The zero-order chi connectivity index (χ0) is 20.4. The van der Waals surface area contributed by atoms with Gasteiger partial charge in [-0.25, -0.2) is 13.1 Å². The van der Waals surface area contributed by atoms with E-state index in [0.717, 1.165) is 42.7 Å². The summed E-state index contributed by atoms with van der Waals surface area (Å²) in [4.78, 5) is 16.1. The maximum Gasteiger partial charge on any atom is 0.240 e. The molecule has 2 aromatic carbocycles. The number of nitrogens with zero attached hydrogens (tertiary/aromatic N) is 2. The first kappa shape index (κ1) is 19.9. The largest absolute Gasteiger partial charge is 0.372 e. The second-order valence-corrected chi connectivity index (χ2v) is 9.52. The van der Waals surface area contributed by atoms with Gasteiger partial charge in [-0.2, -0.15) is 0 Å². The van der Waals surface area contributed by atoms with Gasteiger partial charge in [-0.15, -0.1) is 0 Å². The van der Waals surface area contributed by atoms with Crippen LogP contribution in [0.3, 0.4) is 0 Å². The van der Waals surface area contributed by atoms with E-state index in [1.807, 2.05) is 12.1 Å². The first-order valence-electron chi connectivity index (χ1n) is 10.2. The summed E-state index contributed by atoms with van der Waals surface area (Å²) in [5, 5.41) is 0. The average Bonchev–Trinajstić information content (AvgIpc) is 3.26. The predicted molar refractivity (Wildman–Crippen MR) is 115 cm³/mol. The van der Waals surface area contributed by atoms with Gasteiger partial charge >= 0.3 is 0 Å². The van der Waals surface area contributed by atoms with Crippen LogP contribution in [-0.2, 0) is 27.8 Å². The number of rotatable bonds is 5. The molecule has 0 unspecified atom stereocenters. The van der Waals surface area contributed by atoms with Crippen LogP contribution in [0.5, 0.6) is 0 Å². The fourth-order valence-electron chi connectivity index (χ4n) is 4.13. The number of hydrogen-bond acceptors (Lipinski definition) is 4. The third-order valence-electron chi connectivity index (χ3n) is 5.73. The van der Waals surface area contributed by atoms with Crippen molar-refractivity contribution in [2.45, 2.75) is 44.0 Å². The molecule has 2 aliphatic rings. The Kier molecular flexibility index (Phi) is 5.61. The van der Waals surface area contributed by atoms with Crippen molar-refractivity contribution in [1.29, 1.82) is 0 Å². The summed E-state index contributed by atoms with van der Waals surface area (Å²) in [6, 6.07) is 13.1. The fourth-order valence-corrected chi connectivity index (χ4v) is 5.20. The molecule has 0 radical (unpaired) electrons. The molecule has 0 atom stereocenters. The number of fused-ring (bicyclic) bond motifs is 1. The quantitative estimate of drug-likeness (QED) is 0.818. The monoisotopic (exact) mass is 413 g/mol. The summed E-state index contributed by atoms with van der Waals surface area (Å²) in [6.45, 7) is 4.65. The summed E-state index contributed by atoms with van der Waals surface area (Å²) in [6.07, 6.45) is 4.08. The van der Waals surface area contributed by atoms with Crippen molar-refractivity contribution in [2.75, 3.05) is 29.4 Å². The zero-order valence-corrected chi connectivity index (χ0v) is 17.5. The van der Waals surface area contributed by atoms with Gasteiger partial charge in [0, 0.05) is 44.5 Å². The first-order chi connectivity index (χ1) is 13.9. The molecule has 154 valence electrons. The smallest absolute Gasteiger partial charge is 0.240 e. The Morgan fingerprint density at radius 1 is 1.00 bits per heavy atom. The highest BCUT2D eigenvalue weighted by atomic mass is 32.2. The Balaban J connectivity index is 1.45. The normalized spacial score (nSPS) is 16.7. The van der Waals surface area contributed by atoms with Crippen LogP contribution in [0.15, 0.2) is 47.4 Å². The van der Waals surface area contributed by atoms with E-state index < -0.39 is 10.0 Å². The van der Waals surface area contributed by atoms with E-state index >= 15 is 0 Å². The molecular formula is C22H27N3O3S. The average molecular weight is 414 g/mol. The van der Waals surface area contributed by atoms with Crippen molar-refractivity contribution in [3.63, 3.8) is 0 Å². The van der Waals surface area contributed by atoms with Crippen LogP contribution in [-0.4, -0.2) is 34.0 Å². The van der Waals surface area contributed by atoms with E-state index in [1.54, 1.807) is 23.1 Å². The molecule has 0 aromatic heterocycles. The van der Waals surface area contributed by atoms with Crippen LogP contribution in [0, 0.1) is 0 Å². The number of carbonyl (C=O) groups excluding carboxylic acids is 1. The van der Waals surface area contributed by atoms with Gasteiger partial charge in [0.1, 0.15) is 0 Å². The summed E-state index contributed by atoms with van der Waals surface area (Å²) < 4.78 is 28.3. The minimum atomic E-state index is -3.62. The molecule has 0 spiro atoms. The van der Waals surface area contributed by atoms with E-state index in [4.69, 9.17) is 0 Å². The standard InChI is InChI=1S/C22H27N3O3S/c1-17(26)25-14-4-5-19-15-21(10-11-22(19)25)29(27,28)23-16-18-6-8-20(9-7-18)24-12-2-3-13-24/h6-11,15,23H,2-5,12-14,16H2,1H3. The van der Waals surface area contributed by atoms with Crippen LogP contribution in [0.25, 0.3) is 0 Å². The third kappa shape index (κ3) is 4.31. The van der Waals surface area contributed by atoms with Gasteiger partial charge in [0.2, 0.25) is 15.9 Å². The van der Waals surface area contributed by atoms with Gasteiger partial charge in [0.25, 0.3) is 0 Å². The molecule has 1 fully saturated rings. The van der Waals surface area contributed by atoms with Gasteiger partial charge in [0.05, 0.1) is 4.90 Å². The van der Waals surface area contributed by atoms with Gasteiger partial charge in [-0.3, -0.25) is 4.79 Å². The van der Waals surface area contributed by atoms with Crippen molar-refractivity contribution in [2.24, 2.45) is 0 Å². The summed E-state index contributed by atoms with van der Waals surface area (Å²) in [5.41, 5.74) is 3.85. The molecule has 6 nitrogen and oxygen atoms in total. The molecule has 0 bridgehead atoms. The molecular weight excluding hydrogens is 386 g/mol. The van der Waals surface area contributed by atoms with Crippen molar-refractivity contribution >= 4 is 27.3 Å². The molecule has 2 heterocycles. The molecule has 1 amide bonds. The number of nitrogens with one attached hydrogen (secondary N) is 1. The van der Waals surface area contributed by atoms with E-state index in [0.29, 0.717) is 6.54 Å². The highest BCUT2D eigenvalue weighted by molar-refractivity contribution is 7.89. The lowest BCUT2D eigenvalue weighted by Gasteiger charge is -2.28. The van der Waals surface area contributed by atoms with Crippen LogP contribution in [0.4, 0.5) is 11.4 Å². The Labute approximate surface area is 172 Å². The van der Waals surface area contributed by atoms with E-state index in [9.17, 15) is 13.2 Å². The van der Waals surface area contributed by atoms with Crippen molar-refractivity contribution < 1.29 is 13.2 Å². The lowest BCUT2D eigenvalue weighted by Crippen LogP contribution is -2.33. The Bertz CT molecular complexity index is 996. The maximum atomic E-state index is 12.8. The molecule has 7 heteroatoms. The minimum Gasteiger partial charge on any atom is -0.372 e. The van der Waals surface area contributed by atoms with Crippen molar-refractivity contribution in [3.8, 4) is 0 Å². The van der Waals surface area contributed by atoms with Gasteiger partial charge < -0.3 is 9.80 Å². The van der Waals surface area contributed by atoms with E-state index in [-0.39, 0.29) is 17.3 Å².